The van der Waals surface area contributed by atoms with Gasteiger partial charge in [0.2, 0.25) is 0 Å². The normalized spacial score (nSPS) is 11.4. The third kappa shape index (κ3) is 5.50. The number of ether oxygens (including phenoxy) is 1. The summed E-state index contributed by atoms with van der Waals surface area (Å²) >= 11 is 5.98. The van der Waals surface area contributed by atoms with Crippen molar-refractivity contribution >= 4 is 17.6 Å². The Bertz CT molecular complexity index is 550. The second-order valence-corrected chi connectivity index (χ2v) is 5.46. The molecule has 0 spiro atoms. The van der Waals surface area contributed by atoms with Crippen molar-refractivity contribution in [2.24, 2.45) is 5.92 Å². The highest BCUT2D eigenvalue weighted by Crippen LogP contribution is 2.18. The Hall–Kier alpha value is -1.72. The first-order valence-corrected chi connectivity index (χ1v) is 6.90. The van der Waals surface area contributed by atoms with Crippen molar-refractivity contribution in [1.82, 2.24) is 0 Å². The quantitative estimate of drug-likeness (QED) is 0.603. The SMILES string of the molecule is C=C(C)C#CC(CC(C)C)OC(=O)c1ccccc1Cl. The van der Waals surface area contributed by atoms with Crippen LogP contribution in [0.15, 0.2) is 36.4 Å². The summed E-state index contributed by atoms with van der Waals surface area (Å²) in [5, 5.41) is 0.383. The molecule has 1 unspecified atom stereocenters. The third-order valence-corrected chi connectivity index (χ3v) is 2.80. The van der Waals surface area contributed by atoms with Crippen LogP contribution in [0, 0.1) is 17.8 Å². The van der Waals surface area contributed by atoms with Crippen LogP contribution in [0.1, 0.15) is 37.6 Å². The Morgan fingerprint density at radius 2 is 2.05 bits per heavy atom. The number of benzene rings is 1. The van der Waals surface area contributed by atoms with E-state index >= 15 is 0 Å². The van der Waals surface area contributed by atoms with Gasteiger partial charge in [0.05, 0.1) is 10.6 Å². The smallest absolute Gasteiger partial charge is 0.340 e. The molecule has 0 aromatic heterocycles. The molecular formula is C17H19ClO2. The van der Waals surface area contributed by atoms with Gasteiger partial charge in [-0.1, -0.05) is 56.0 Å². The minimum absolute atomic E-state index is 0.361. The van der Waals surface area contributed by atoms with E-state index in [0.717, 1.165) is 5.57 Å². The Labute approximate surface area is 125 Å². The first-order valence-electron chi connectivity index (χ1n) is 6.52. The first kappa shape index (κ1) is 16.3. The number of esters is 1. The molecule has 0 N–H and O–H groups in total. The van der Waals surface area contributed by atoms with Crippen LogP contribution in [-0.4, -0.2) is 12.1 Å². The van der Waals surface area contributed by atoms with E-state index in [0.29, 0.717) is 22.9 Å². The second kappa shape index (κ2) is 7.77. The number of allylic oxidation sites excluding steroid dienone is 1. The van der Waals surface area contributed by atoms with Gasteiger partial charge in [0, 0.05) is 0 Å². The molecule has 1 rings (SSSR count). The van der Waals surface area contributed by atoms with E-state index in [1.807, 2.05) is 6.92 Å². The predicted octanol–water partition coefficient (Wildman–Crippen LogP) is 4.49. The summed E-state index contributed by atoms with van der Waals surface area (Å²) in [6.07, 6.45) is 0.228. The average molecular weight is 291 g/mol. The Kier molecular flexibility index (Phi) is 6.35. The zero-order valence-corrected chi connectivity index (χ0v) is 12.8. The summed E-state index contributed by atoms with van der Waals surface area (Å²) in [5.41, 5.74) is 1.10. The van der Waals surface area contributed by atoms with Gasteiger partial charge < -0.3 is 4.74 Å². The summed E-state index contributed by atoms with van der Waals surface area (Å²) < 4.78 is 5.44. The molecule has 0 saturated heterocycles. The molecule has 0 fully saturated rings. The highest BCUT2D eigenvalue weighted by Gasteiger charge is 2.17. The Morgan fingerprint density at radius 1 is 1.40 bits per heavy atom. The van der Waals surface area contributed by atoms with Crippen LogP contribution < -0.4 is 0 Å². The van der Waals surface area contributed by atoms with E-state index in [4.69, 9.17) is 16.3 Å². The maximum atomic E-state index is 12.1. The van der Waals surface area contributed by atoms with Crippen molar-refractivity contribution in [3.05, 3.63) is 47.0 Å². The molecule has 0 heterocycles. The zero-order valence-electron chi connectivity index (χ0n) is 12.1. The summed E-state index contributed by atoms with van der Waals surface area (Å²) in [6.45, 7) is 9.65. The molecular weight excluding hydrogens is 272 g/mol. The van der Waals surface area contributed by atoms with Crippen molar-refractivity contribution in [1.29, 1.82) is 0 Å². The van der Waals surface area contributed by atoms with E-state index in [1.165, 1.54) is 0 Å². The Morgan fingerprint density at radius 3 is 2.60 bits per heavy atom. The number of hydrogen-bond acceptors (Lipinski definition) is 2. The fourth-order valence-electron chi connectivity index (χ4n) is 1.59. The molecule has 106 valence electrons. The lowest BCUT2D eigenvalue weighted by Gasteiger charge is -2.15. The molecule has 0 amide bonds. The lowest BCUT2D eigenvalue weighted by atomic mass is 10.1. The molecule has 1 aromatic rings. The first-order chi connectivity index (χ1) is 9.40. The van der Waals surface area contributed by atoms with E-state index in [-0.39, 0.29) is 0 Å². The molecule has 3 heteroatoms. The maximum Gasteiger partial charge on any atom is 0.340 e. The van der Waals surface area contributed by atoms with E-state index < -0.39 is 12.1 Å². The minimum Gasteiger partial charge on any atom is -0.446 e. The van der Waals surface area contributed by atoms with Crippen LogP contribution >= 0.6 is 11.6 Å². The molecule has 0 radical (unpaired) electrons. The maximum absolute atomic E-state index is 12.1. The minimum atomic E-state index is -0.449. The van der Waals surface area contributed by atoms with Gasteiger partial charge in [-0.3, -0.25) is 0 Å². The van der Waals surface area contributed by atoms with Crippen molar-refractivity contribution in [2.75, 3.05) is 0 Å². The molecule has 0 aliphatic rings. The van der Waals surface area contributed by atoms with Gasteiger partial charge in [0.15, 0.2) is 6.10 Å². The van der Waals surface area contributed by atoms with Gasteiger partial charge in [-0.25, -0.2) is 4.79 Å². The molecule has 20 heavy (non-hydrogen) atoms. The predicted molar refractivity (Wildman–Crippen MR) is 82.7 cm³/mol. The van der Waals surface area contributed by atoms with Gasteiger partial charge in [-0.15, -0.1) is 0 Å². The molecule has 1 atom stereocenters. The number of halogens is 1. The van der Waals surface area contributed by atoms with Gasteiger partial charge in [-0.05, 0) is 37.0 Å². The lowest BCUT2D eigenvalue weighted by molar-refractivity contribution is 0.0377. The van der Waals surface area contributed by atoms with E-state index in [1.54, 1.807) is 24.3 Å². The van der Waals surface area contributed by atoms with Crippen LogP contribution in [0.3, 0.4) is 0 Å². The highest BCUT2D eigenvalue weighted by molar-refractivity contribution is 6.33. The number of rotatable bonds is 4. The standard InChI is InChI=1S/C17H19ClO2/c1-12(2)9-10-14(11-13(3)4)20-17(19)15-7-5-6-8-16(15)18/h5-8,13-14H,1,11H2,2-4H3. The van der Waals surface area contributed by atoms with Crippen LogP contribution in [0.2, 0.25) is 5.02 Å². The summed E-state index contributed by atoms with van der Waals surface area (Å²) in [5.74, 6) is 5.73. The average Bonchev–Trinajstić information content (AvgIpc) is 2.35. The fourth-order valence-corrected chi connectivity index (χ4v) is 1.80. The fraction of sp³-hybridized carbons (Fsp3) is 0.353. The number of carbonyl (C=O) groups excluding carboxylic acids is 1. The monoisotopic (exact) mass is 290 g/mol. The number of carbonyl (C=O) groups is 1. The van der Waals surface area contributed by atoms with Crippen LogP contribution in [0.25, 0.3) is 0 Å². The molecule has 1 aromatic carbocycles. The highest BCUT2D eigenvalue weighted by atomic mass is 35.5. The van der Waals surface area contributed by atoms with Crippen molar-refractivity contribution in [2.45, 2.75) is 33.3 Å². The lowest BCUT2D eigenvalue weighted by Crippen LogP contribution is -2.19. The van der Waals surface area contributed by atoms with Crippen molar-refractivity contribution in [3.8, 4) is 11.8 Å². The summed E-state index contributed by atoms with van der Waals surface area (Å²) in [7, 11) is 0. The van der Waals surface area contributed by atoms with Gasteiger partial charge in [0.1, 0.15) is 0 Å². The molecule has 2 nitrogen and oxygen atoms in total. The summed E-state index contributed by atoms with van der Waals surface area (Å²) in [4.78, 5) is 12.1. The van der Waals surface area contributed by atoms with E-state index in [9.17, 15) is 4.79 Å². The van der Waals surface area contributed by atoms with Gasteiger partial charge in [0.25, 0.3) is 0 Å². The van der Waals surface area contributed by atoms with Gasteiger partial charge in [-0.2, -0.15) is 0 Å². The summed E-state index contributed by atoms with van der Waals surface area (Å²) in [6, 6.07) is 6.82. The molecule has 0 aliphatic carbocycles. The molecule has 0 bridgehead atoms. The van der Waals surface area contributed by atoms with E-state index in [2.05, 4.69) is 32.3 Å². The zero-order chi connectivity index (χ0) is 15.1. The molecule has 0 aliphatic heterocycles. The number of hydrogen-bond donors (Lipinski definition) is 0. The van der Waals surface area contributed by atoms with Gasteiger partial charge >= 0.3 is 5.97 Å². The topological polar surface area (TPSA) is 26.3 Å². The molecule has 0 saturated carbocycles. The largest absolute Gasteiger partial charge is 0.446 e. The van der Waals surface area contributed by atoms with Crippen LogP contribution in [-0.2, 0) is 4.74 Å². The van der Waals surface area contributed by atoms with Crippen LogP contribution in [0.4, 0.5) is 0 Å². The Balaban J connectivity index is 2.85. The van der Waals surface area contributed by atoms with Crippen molar-refractivity contribution < 1.29 is 9.53 Å². The van der Waals surface area contributed by atoms with Crippen molar-refractivity contribution in [3.63, 3.8) is 0 Å². The van der Waals surface area contributed by atoms with Crippen LogP contribution in [0.5, 0.6) is 0 Å². The third-order valence-electron chi connectivity index (χ3n) is 2.48. The second-order valence-electron chi connectivity index (χ2n) is 5.05.